The summed E-state index contributed by atoms with van der Waals surface area (Å²) >= 11 is 18.9. The SMILES string of the molecule is CSc1cccc(Nc2cc(Cl)ccc2Cl)c1C(N)=S. The van der Waals surface area contributed by atoms with Crippen LogP contribution in [0.25, 0.3) is 0 Å². The first kappa shape index (κ1) is 15.4. The number of nitrogens with one attached hydrogen (secondary N) is 1. The van der Waals surface area contributed by atoms with E-state index in [9.17, 15) is 0 Å². The molecule has 104 valence electrons. The Morgan fingerprint density at radius 1 is 1.20 bits per heavy atom. The summed E-state index contributed by atoms with van der Waals surface area (Å²) in [5.41, 5.74) is 8.17. The lowest BCUT2D eigenvalue weighted by Gasteiger charge is -2.15. The maximum Gasteiger partial charge on any atom is 0.107 e. The van der Waals surface area contributed by atoms with Gasteiger partial charge in [0, 0.05) is 21.2 Å². The van der Waals surface area contributed by atoms with Gasteiger partial charge in [-0.1, -0.05) is 41.5 Å². The number of thioether (sulfide) groups is 1. The second kappa shape index (κ2) is 6.68. The molecule has 0 aliphatic heterocycles. The van der Waals surface area contributed by atoms with Crippen LogP contribution in [0.1, 0.15) is 5.56 Å². The van der Waals surface area contributed by atoms with Gasteiger partial charge in [0.15, 0.2) is 0 Å². The van der Waals surface area contributed by atoms with Crippen molar-refractivity contribution in [3.8, 4) is 0 Å². The number of benzene rings is 2. The number of hydrogen-bond acceptors (Lipinski definition) is 3. The van der Waals surface area contributed by atoms with E-state index in [0.29, 0.717) is 15.0 Å². The molecule has 0 saturated heterocycles. The molecule has 20 heavy (non-hydrogen) atoms. The number of anilines is 2. The molecular formula is C14H12Cl2N2S2. The Hall–Kier alpha value is -0.940. The molecule has 2 nitrogen and oxygen atoms in total. The first-order valence-electron chi connectivity index (χ1n) is 5.72. The van der Waals surface area contributed by atoms with Crippen LogP contribution >= 0.6 is 47.2 Å². The Morgan fingerprint density at radius 2 is 1.95 bits per heavy atom. The molecule has 0 heterocycles. The standard InChI is InChI=1S/C14H12Cl2N2S2/c1-20-12-4-2-3-10(13(12)14(17)19)18-11-7-8(15)5-6-9(11)16/h2-7,18H,1H3,(H2,17,19). The Bertz CT molecular complexity index is 660. The fourth-order valence-corrected chi connectivity index (χ4v) is 3.06. The summed E-state index contributed by atoms with van der Waals surface area (Å²) in [4.78, 5) is 1.36. The second-order valence-electron chi connectivity index (χ2n) is 4.00. The van der Waals surface area contributed by atoms with Crippen molar-refractivity contribution in [3.63, 3.8) is 0 Å². The summed E-state index contributed by atoms with van der Waals surface area (Å²) in [5.74, 6) is 0. The monoisotopic (exact) mass is 342 g/mol. The Balaban J connectivity index is 2.48. The summed E-state index contributed by atoms with van der Waals surface area (Å²) in [6.45, 7) is 0. The third kappa shape index (κ3) is 3.38. The van der Waals surface area contributed by atoms with Crippen molar-refractivity contribution in [2.45, 2.75) is 4.90 Å². The minimum Gasteiger partial charge on any atom is -0.389 e. The molecule has 2 rings (SSSR count). The molecule has 6 heteroatoms. The molecule has 3 N–H and O–H groups in total. The summed E-state index contributed by atoms with van der Waals surface area (Å²) < 4.78 is 0. The van der Waals surface area contributed by atoms with E-state index < -0.39 is 0 Å². The van der Waals surface area contributed by atoms with Crippen molar-refractivity contribution < 1.29 is 0 Å². The van der Waals surface area contributed by atoms with Gasteiger partial charge in [-0.15, -0.1) is 11.8 Å². The Morgan fingerprint density at radius 3 is 2.60 bits per heavy atom. The van der Waals surface area contributed by atoms with Crippen molar-refractivity contribution in [2.24, 2.45) is 5.73 Å². The summed E-state index contributed by atoms with van der Waals surface area (Å²) in [6, 6.07) is 11.1. The number of rotatable bonds is 4. The van der Waals surface area contributed by atoms with Crippen LogP contribution in [0.5, 0.6) is 0 Å². The number of hydrogen-bond donors (Lipinski definition) is 2. The summed E-state index contributed by atoms with van der Waals surface area (Å²) in [5, 5.41) is 4.43. The highest BCUT2D eigenvalue weighted by atomic mass is 35.5. The van der Waals surface area contributed by atoms with Gasteiger partial charge in [-0.25, -0.2) is 0 Å². The third-order valence-electron chi connectivity index (χ3n) is 2.69. The van der Waals surface area contributed by atoms with E-state index in [1.807, 2.05) is 24.5 Å². The molecular weight excluding hydrogens is 331 g/mol. The van der Waals surface area contributed by atoms with Crippen LogP contribution in [-0.2, 0) is 0 Å². The van der Waals surface area contributed by atoms with Crippen LogP contribution in [0, 0.1) is 0 Å². The maximum absolute atomic E-state index is 6.16. The Labute approximate surface area is 137 Å². The maximum atomic E-state index is 6.16. The lowest BCUT2D eigenvalue weighted by Crippen LogP contribution is -2.13. The molecule has 0 unspecified atom stereocenters. The molecule has 0 atom stereocenters. The lowest BCUT2D eigenvalue weighted by atomic mass is 10.1. The van der Waals surface area contributed by atoms with Crippen LogP contribution in [0.2, 0.25) is 10.0 Å². The van der Waals surface area contributed by atoms with Crippen molar-refractivity contribution in [1.29, 1.82) is 0 Å². The van der Waals surface area contributed by atoms with Crippen LogP contribution in [-0.4, -0.2) is 11.2 Å². The van der Waals surface area contributed by atoms with E-state index in [1.165, 1.54) is 0 Å². The molecule has 0 amide bonds. The van der Waals surface area contributed by atoms with Gasteiger partial charge in [-0.05, 0) is 36.6 Å². The smallest absolute Gasteiger partial charge is 0.107 e. The number of halogens is 2. The lowest BCUT2D eigenvalue weighted by molar-refractivity contribution is 1.40. The van der Waals surface area contributed by atoms with E-state index >= 15 is 0 Å². The van der Waals surface area contributed by atoms with Gasteiger partial charge >= 0.3 is 0 Å². The quantitative estimate of drug-likeness (QED) is 0.599. The zero-order valence-corrected chi connectivity index (χ0v) is 13.8. The van der Waals surface area contributed by atoms with Gasteiger partial charge in [0.2, 0.25) is 0 Å². The molecule has 0 saturated carbocycles. The minimum absolute atomic E-state index is 0.343. The van der Waals surface area contributed by atoms with Crippen molar-refractivity contribution in [1.82, 2.24) is 0 Å². The second-order valence-corrected chi connectivity index (χ2v) is 6.13. The van der Waals surface area contributed by atoms with Crippen molar-refractivity contribution in [3.05, 3.63) is 52.0 Å². The molecule has 0 spiro atoms. The Kier molecular flexibility index (Phi) is 5.16. The van der Waals surface area contributed by atoms with Crippen LogP contribution in [0.4, 0.5) is 11.4 Å². The van der Waals surface area contributed by atoms with E-state index in [-0.39, 0.29) is 0 Å². The first-order chi connectivity index (χ1) is 9.52. The van der Waals surface area contributed by atoms with Gasteiger partial charge < -0.3 is 11.1 Å². The average molecular weight is 343 g/mol. The predicted octanol–water partition coefficient (Wildman–Crippen LogP) is 5.09. The van der Waals surface area contributed by atoms with Gasteiger partial charge in [-0.3, -0.25) is 0 Å². The number of nitrogens with two attached hydrogens (primary N) is 1. The van der Waals surface area contributed by atoms with Crippen LogP contribution < -0.4 is 11.1 Å². The van der Waals surface area contributed by atoms with Crippen LogP contribution in [0.3, 0.4) is 0 Å². The fraction of sp³-hybridized carbons (Fsp3) is 0.0714. The van der Waals surface area contributed by atoms with Crippen molar-refractivity contribution >= 4 is 63.5 Å². The molecule has 2 aromatic carbocycles. The van der Waals surface area contributed by atoms with Gasteiger partial charge in [0.1, 0.15) is 4.99 Å². The molecule has 0 fully saturated rings. The summed E-state index contributed by atoms with van der Waals surface area (Å²) in [6.07, 6.45) is 1.98. The molecule has 0 aliphatic rings. The molecule has 0 bridgehead atoms. The zero-order chi connectivity index (χ0) is 14.7. The van der Waals surface area contributed by atoms with Gasteiger partial charge in [0.05, 0.1) is 10.7 Å². The highest BCUT2D eigenvalue weighted by molar-refractivity contribution is 7.98. The van der Waals surface area contributed by atoms with Gasteiger partial charge in [-0.2, -0.15) is 0 Å². The fourth-order valence-electron chi connectivity index (χ4n) is 1.80. The molecule has 0 radical (unpaired) electrons. The predicted molar refractivity (Wildman–Crippen MR) is 93.9 cm³/mol. The van der Waals surface area contributed by atoms with Gasteiger partial charge in [0.25, 0.3) is 0 Å². The minimum atomic E-state index is 0.343. The van der Waals surface area contributed by atoms with E-state index in [0.717, 1.165) is 21.8 Å². The highest BCUT2D eigenvalue weighted by Gasteiger charge is 2.12. The molecule has 0 aliphatic carbocycles. The zero-order valence-electron chi connectivity index (χ0n) is 10.6. The summed E-state index contributed by atoms with van der Waals surface area (Å²) in [7, 11) is 0. The average Bonchev–Trinajstić information content (AvgIpc) is 2.42. The molecule has 2 aromatic rings. The topological polar surface area (TPSA) is 38.0 Å². The van der Waals surface area contributed by atoms with E-state index in [1.54, 1.807) is 30.0 Å². The first-order valence-corrected chi connectivity index (χ1v) is 8.10. The normalized spacial score (nSPS) is 10.3. The third-order valence-corrected chi connectivity index (χ3v) is 4.24. The van der Waals surface area contributed by atoms with E-state index in [2.05, 4.69) is 5.32 Å². The van der Waals surface area contributed by atoms with E-state index in [4.69, 9.17) is 41.2 Å². The highest BCUT2D eigenvalue weighted by Crippen LogP contribution is 2.33. The molecule has 0 aromatic heterocycles. The number of thiocarbonyl (C=S) groups is 1. The van der Waals surface area contributed by atoms with Crippen molar-refractivity contribution in [2.75, 3.05) is 11.6 Å². The largest absolute Gasteiger partial charge is 0.389 e. The van der Waals surface area contributed by atoms with Crippen LogP contribution in [0.15, 0.2) is 41.3 Å².